The summed E-state index contributed by atoms with van der Waals surface area (Å²) < 4.78 is 56.5. The van der Waals surface area contributed by atoms with E-state index in [9.17, 15) is 31.9 Å². The number of hydrogen-bond acceptors (Lipinski definition) is 4. The molecular formula is C21H19F4N3O4. The molecule has 0 saturated carbocycles. The molecule has 0 bridgehead atoms. The molecule has 7 nitrogen and oxygen atoms in total. The third kappa shape index (κ3) is 4.66. The molecule has 1 saturated heterocycles. The molecule has 1 aliphatic heterocycles. The van der Waals surface area contributed by atoms with Crippen molar-refractivity contribution < 1.29 is 36.7 Å². The van der Waals surface area contributed by atoms with Gasteiger partial charge in [0.15, 0.2) is 0 Å². The number of nitrogens with one attached hydrogen (secondary N) is 1. The molecule has 1 N–H and O–H groups in total. The van der Waals surface area contributed by atoms with E-state index in [2.05, 4.69) is 10.1 Å². The van der Waals surface area contributed by atoms with Crippen molar-refractivity contribution in [1.82, 2.24) is 15.1 Å². The van der Waals surface area contributed by atoms with Crippen LogP contribution < -0.4 is 10.1 Å². The largest absolute Gasteiger partial charge is 0.435 e. The zero-order chi connectivity index (χ0) is 23.6. The Hall–Kier alpha value is -3.63. The molecular weight excluding hydrogens is 434 g/mol. The highest BCUT2D eigenvalue weighted by molar-refractivity contribution is 6.09. The van der Waals surface area contributed by atoms with Crippen molar-refractivity contribution in [2.45, 2.75) is 25.6 Å². The maximum atomic E-state index is 14.2. The van der Waals surface area contributed by atoms with Crippen LogP contribution in [-0.2, 0) is 21.7 Å². The quantitative estimate of drug-likeness (QED) is 0.517. The van der Waals surface area contributed by atoms with Crippen LogP contribution in [0.25, 0.3) is 0 Å². The van der Waals surface area contributed by atoms with Gasteiger partial charge in [-0.2, -0.15) is 8.78 Å². The summed E-state index contributed by atoms with van der Waals surface area (Å²) in [7, 11) is 1.43. The number of halogens is 4. The molecule has 170 valence electrons. The number of nitrogens with zero attached hydrogens (tertiary/aromatic N) is 2. The number of rotatable bonds is 7. The van der Waals surface area contributed by atoms with E-state index in [0.29, 0.717) is 10.5 Å². The first-order valence-electron chi connectivity index (χ1n) is 9.38. The van der Waals surface area contributed by atoms with Crippen LogP contribution in [0, 0.1) is 11.6 Å². The van der Waals surface area contributed by atoms with Crippen LogP contribution in [0.5, 0.6) is 5.75 Å². The highest BCUT2D eigenvalue weighted by atomic mass is 19.3. The number of imide groups is 1. The molecule has 1 fully saturated rings. The van der Waals surface area contributed by atoms with Crippen molar-refractivity contribution in [1.29, 1.82) is 0 Å². The minimum Gasteiger partial charge on any atom is -0.435 e. The first-order chi connectivity index (χ1) is 15.0. The van der Waals surface area contributed by atoms with Crippen LogP contribution in [0.3, 0.4) is 0 Å². The average Bonchev–Trinajstić information content (AvgIpc) is 2.94. The van der Waals surface area contributed by atoms with E-state index in [1.165, 1.54) is 43.1 Å². The number of amides is 4. The summed E-state index contributed by atoms with van der Waals surface area (Å²) in [5.74, 6) is -3.22. The number of carbonyl (C=O) groups is 3. The van der Waals surface area contributed by atoms with Crippen LogP contribution in [0.2, 0.25) is 0 Å². The van der Waals surface area contributed by atoms with Crippen molar-refractivity contribution in [2.75, 3.05) is 13.6 Å². The number of carbonyl (C=O) groups excluding carboxylic acids is 3. The first kappa shape index (κ1) is 23.0. The third-order valence-corrected chi connectivity index (χ3v) is 5.03. The molecule has 0 radical (unpaired) electrons. The number of hydrogen-bond donors (Lipinski definition) is 1. The molecule has 0 unspecified atom stereocenters. The molecule has 0 aromatic heterocycles. The van der Waals surface area contributed by atoms with Crippen LogP contribution >= 0.6 is 0 Å². The lowest BCUT2D eigenvalue weighted by Gasteiger charge is -2.23. The second-order valence-corrected chi connectivity index (χ2v) is 7.34. The van der Waals surface area contributed by atoms with E-state index < -0.39 is 48.2 Å². The van der Waals surface area contributed by atoms with Crippen LogP contribution in [0.4, 0.5) is 22.4 Å². The van der Waals surface area contributed by atoms with Gasteiger partial charge in [0, 0.05) is 19.2 Å². The van der Waals surface area contributed by atoms with E-state index in [1.54, 1.807) is 0 Å². The zero-order valence-electron chi connectivity index (χ0n) is 17.1. The van der Waals surface area contributed by atoms with Crippen molar-refractivity contribution in [2.24, 2.45) is 0 Å². The highest BCUT2D eigenvalue weighted by Crippen LogP contribution is 2.31. The minimum atomic E-state index is -2.96. The Kier molecular flexibility index (Phi) is 6.37. The van der Waals surface area contributed by atoms with Gasteiger partial charge in [0.1, 0.15) is 29.5 Å². The summed E-state index contributed by atoms with van der Waals surface area (Å²) in [6.07, 6.45) is 0. The fraction of sp³-hybridized carbons (Fsp3) is 0.286. The maximum Gasteiger partial charge on any atom is 0.387 e. The monoisotopic (exact) mass is 453 g/mol. The molecule has 32 heavy (non-hydrogen) atoms. The molecule has 2 aromatic rings. The standard InChI is InChI=1S/C21H19F4N3O4/c1-21(15-9-13(22)5-8-16(15)23)18(30)28(20(31)26-21)11-17(29)27(2)10-12-3-6-14(7-4-12)32-19(24)25/h3-9,19H,10-11H2,1-2H3,(H,26,31)/t21-/m0/s1. The fourth-order valence-electron chi connectivity index (χ4n) is 3.30. The zero-order valence-corrected chi connectivity index (χ0v) is 17.1. The lowest BCUT2D eigenvalue weighted by molar-refractivity contribution is -0.138. The number of ether oxygens (including phenoxy) is 1. The SMILES string of the molecule is CN(Cc1ccc(OC(F)F)cc1)C(=O)CN1C(=O)N[C@@](C)(c2cc(F)ccc2F)C1=O. The second-order valence-electron chi connectivity index (χ2n) is 7.34. The van der Waals surface area contributed by atoms with Gasteiger partial charge < -0.3 is 15.0 Å². The number of benzene rings is 2. The van der Waals surface area contributed by atoms with Crippen LogP contribution in [0.1, 0.15) is 18.1 Å². The Morgan fingerprint density at radius 2 is 1.81 bits per heavy atom. The Balaban J connectivity index is 1.68. The average molecular weight is 453 g/mol. The summed E-state index contributed by atoms with van der Waals surface area (Å²) in [4.78, 5) is 39.6. The Labute approximate surface area is 180 Å². The summed E-state index contributed by atoms with van der Waals surface area (Å²) in [6, 6.07) is 7.22. The molecule has 3 rings (SSSR count). The predicted octanol–water partition coefficient (Wildman–Crippen LogP) is 2.99. The third-order valence-electron chi connectivity index (χ3n) is 5.03. The van der Waals surface area contributed by atoms with Gasteiger partial charge in [-0.05, 0) is 42.8 Å². The lowest BCUT2D eigenvalue weighted by Crippen LogP contribution is -2.44. The molecule has 11 heteroatoms. The highest BCUT2D eigenvalue weighted by Gasteiger charge is 2.51. The second kappa shape index (κ2) is 8.85. The summed E-state index contributed by atoms with van der Waals surface area (Å²) in [6.45, 7) is -2.30. The number of likely N-dealkylation sites (N-methyl/N-ethyl adjacent to an activating group) is 1. The lowest BCUT2D eigenvalue weighted by atomic mass is 9.91. The van der Waals surface area contributed by atoms with Gasteiger partial charge in [-0.25, -0.2) is 13.6 Å². The number of urea groups is 1. The normalized spacial score (nSPS) is 18.2. The molecule has 4 amide bonds. The summed E-state index contributed by atoms with van der Waals surface area (Å²) in [5, 5.41) is 2.32. The Bertz CT molecular complexity index is 1050. The topological polar surface area (TPSA) is 79.0 Å². The van der Waals surface area contributed by atoms with Gasteiger partial charge in [-0.15, -0.1) is 0 Å². The van der Waals surface area contributed by atoms with Crippen molar-refractivity contribution in [3.8, 4) is 5.75 Å². The smallest absolute Gasteiger partial charge is 0.387 e. The van der Waals surface area contributed by atoms with Crippen LogP contribution in [0.15, 0.2) is 42.5 Å². The van der Waals surface area contributed by atoms with Crippen molar-refractivity contribution >= 4 is 17.8 Å². The maximum absolute atomic E-state index is 14.2. The molecule has 0 aliphatic carbocycles. The van der Waals surface area contributed by atoms with Gasteiger partial charge in [-0.1, -0.05) is 12.1 Å². The van der Waals surface area contributed by atoms with Crippen molar-refractivity contribution in [3.05, 3.63) is 65.2 Å². The van der Waals surface area contributed by atoms with Gasteiger partial charge in [-0.3, -0.25) is 14.5 Å². The van der Waals surface area contributed by atoms with Crippen LogP contribution in [-0.4, -0.2) is 47.8 Å². The van der Waals surface area contributed by atoms with Gasteiger partial charge in [0.05, 0.1) is 0 Å². The Morgan fingerprint density at radius 3 is 2.44 bits per heavy atom. The minimum absolute atomic E-state index is 0.0408. The predicted molar refractivity (Wildman–Crippen MR) is 104 cm³/mol. The summed E-state index contributed by atoms with van der Waals surface area (Å²) >= 11 is 0. The fourth-order valence-corrected chi connectivity index (χ4v) is 3.30. The van der Waals surface area contributed by atoms with Gasteiger partial charge in [0.2, 0.25) is 5.91 Å². The molecule has 1 atom stereocenters. The molecule has 1 heterocycles. The van der Waals surface area contributed by atoms with E-state index in [-0.39, 0.29) is 17.9 Å². The van der Waals surface area contributed by atoms with E-state index in [0.717, 1.165) is 18.2 Å². The van der Waals surface area contributed by atoms with E-state index in [4.69, 9.17) is 0 Å². The summed E-state index contributed by atoms with van der Waals surface area (Å²) in [5.41, 5.74) is -1.64. The Morgan fingerprint density at radius 1 is 1.16 bits per heavy atom. The number of alkyl halides is 2. The molecule has 1 aliphatic rings. The van der Waals surface area contributed by atoms with E-state index >= 15 is 0 Å². The van der Waals surface area contributed by atoms with Gasteiger partial charge >= 0.3 is 12.6 Å². The first-order valence-corrected chi connectivity index (χ1v) is 9.38. The molecule has 0 spiro atoms. The van der Waals surface area contributed by atoms with Crippen molar-refractivity contribution in [3.63, 3.8) is 0 Å². The van der Waals surface area contributed by atoms with Gasteiger partial charge in [0.25, 0.3) is 5.91 Å². The molecule has 2 aromatic carbocycles. The van der Waals surface area contributed by atoms with E-state index in [1.807, 2.05) is 0 Å².